The van der Waals surface area contributed by atoms with Crippen LogP contribution in [0.1, 0.15) is 29.0 Å². The summed E-state index contributed by atoms with van der Waals surface area (Å²) in [6.45, 7) is 1.63. The molecule has 1 unspecified atom stereocenters. The van der Waals surface area contributed by atoms with Crippen LogP contribution in [0.5, 0.6) is 0 Å². The van der Waals surface area contributed by atoms with Gasteiger partial charge in [-0.2, -0.15) is 0 Å². The smallest absolute Gasteiger partial charge is 0.149 e. The topological polar surface area (TPSA) is 103 Å². The van der Waals surface area contributed by atoms with Crippen molar-refractivity contribution in [1.82, 2.24) is 10.3 Å². The van der Waals surface area contributed by atoms with Crippen molar-refractivity contribution in [2.75, 3.05) is 23.7 Å². The fraction of sp³-hybridized carbons (Fsp3) is 0.160. The van der Waals surface area contributed by atoms with Crippen LogP contribution in [0.2, 0.25) is 0 Å². The molecular weight excluding hydrogens is 370 g/mol. The second-order valence-electron chi connectivity index (χ2n) is 7.50. The van der Waals surface area contributed by atoms with Crippen molar-refractivity contribution in [1.29, 1.82) is 0 Å². The lowest BCUT2D eigenvalue weighted by Gasteiger charge is -2.21. The highest BCUT2D eigenvalue weighted by Crippen LogP contribution is 2.34. The molecule has 7 N–H and O–H groups in total. The molecule has 0 aliphatic carbocycles. The first-order valence-corrected chi connectivity index (χ1v) is 10.2. The van der Waals surface area contributed by atoms with Gasteiger partial charge in [-0.05, 0) is 46.5 Å². The lowest BCUT2D eigenvalue weighted by molar-refractivity contribution is 0.613. The Morgan fingerprint density at radius 3 is 2.40 bits per heavy atom. The van der Waals surface area contributed by atoms with Crippen molar-refractivity contribution in [3.8, 4) is 0 Å². The molecule has 1 heterocycles. The molecule has 0 aliphatic rings. The van der Waals surface area contributed by atoms with E-state index in [0.29, 0.717) is 11.5 Å². The van der Waals surface area contributed by atoms with Gasteiger partial charge in [0.2, 0.25) is 0 Å². The minimum atomic E-state index is 0.0822. The molecule has 1 aromatic heterocycles. The van der Waals surface area contributed by atoms with Crippen LogP contribution in [0, 0.1) is 0 Å². The summed E-state index contributed by atoms with van der Waals surface area (Å²) in [6.07, 6.45) is 0.863. The van der Waals surface area contributed by atoms with E-state index in [-0.39, 0.29) is 11.7 Å². The second kappa shape index (κ2) is 8.84. The standard InChI is InChI=1S/C25H27N5/c26-23-15-22(24(27)25(28)30-23)21(18-7-2-1-3-8-18)13-14-29-16-19-11-6-10-17-9-4-5-12-20(17)19/h1-12,15,21,29H,13-14,16,27H2,(H4,26,28,30). The molecule has 0 saturated heterocycles. The predicted molar refractivity (Wildman–Crippen MR) is 126 cm³/mol. The van der Waals surface area contributed by atoms with Gasteiger partial charge in [0, 0.05) is 12.5 Å². The Bertz CT molecular complexity index is 1140. The number of rotatable bonds is 7. The van der Waals surface area contributed by atoms with Gasteiger partial charge in [-0.15, -0.1) is 0 Å². The molecule has 3 aromatic carbocycles. The van der Waals surface area contributed by atoms with Crippen LogP contribution in [-0.4, -0.2) is 11.5 Å². The minimum absolute atomic E-state index is 0.0822. The average molecular weight is 398 g/mol. The first-order valence-electron chi connectivity index (χ1n) is 10.2. The van der Waals surface area contributed by atoms with Crippen molar-refractivity contribution in [3.05, 3.63) is 95.6 Å². The van der Waals surface area contributed by atoms with Crippen LogP contribution in [0.25, 0.3) is 10.8 Å². The fourth-order valence-electron chi connectivity index (χ4n) is 4.01. The molecule has 4 rings (SSSR count). The zero-order valence-electron chi connectivity index (χ0n) is 16.9. The molecule has 0 saturated carbocycles. The predicted octanol–water partition coefficient (Wildman–Crippen LogP) is 4.29. The fourth-order valence-corrected chi connectivity index (χ4v) is 4.01. The maximum absolute atomic E-state index is 6.28. The van der Waals surface area contributed by atoms with E-state index in [1.165, 1.54) is 21.9 Å². The summed E-state index contributed by atoms with van der Waals surface area (Å²) >= 11 is 0. The quantitative estimate of drug-likeness (QED) is 0.348. The molecule has 0 radical (unpaired) electrons. The molecule has 5 heteroatoms. The van der Waals surface area contributed by atoms with Gasteiger partial charge in [0.25, 0.3) is 0 Å². The number of nitrogen functional groups attached to an aromatic ring is 3. The number of hydrogen-bond acceptors (Lipinski definition) is 5. The molecular formula is C25H27N5. The van der Waals surface area contributed by atoms with E-state index in [2.05, 4.69) is 64.9 Å². The zero-order chi connectivity index (χ0) is 20.9. The monoisotopic (exact) mass is 397 g/mol. The summed E-state index contributed by atoms with van der Waals surface area (Å²) in [4.78, 5) is 4.09. The molecule has 0 amide bonds. The number of aromatic nitrogens is 1. The largest absolute Gasteiger partial charge is 0.396 e. The number of nitrogens with one attached hydrogen (secondary N) is 1. The van der Waals surface area contributed by atoms with E-state index in [4.69, 9.17) is 17.2 Å². The third-order valence-electron chi connectivity index (χ3n) is 5.52. The summed E-state index contributed by atoms with van der Waals surface area (Å²) in [5.74, 6) is 0.759. The van der Waals surface area contributed by atoms with Crippen molar-refractivity contribution in [3.63, 3.8) is 0 Å². The molecule has 152 valence electrons. The summed E-state index contributed by atoms with van der Waals surface area (Å²) in [5, 5.41) is 6.14. The maximum atomic E-state index is 6.28. The third kappa shape index (κ3) is 4.21. The van der Waals surface area contributed by atoms with E-state index >= 15 is 0 Å². The Hall–Kier alpha value is -3.57. The summed E-state index contributed by atoms with van der Waals surface area (Å²) in [5.41, 5.74) is 22.1. The van der Waals surface area contributed by atoms with Crippen LogP contribution in [0.3, 0.4) is 0 Å². The van der Waals surface area contributed by atoms with Crippen LogP contribution >= 0.6 is 0 Å². The van der Waals surface area contributed by atoms with Gasteiger partial charge in [-0.25, -0.2) is 4.98 Å². The maximum Gasteiger partial charge on any atom is 0.149 e. The van der Waals surface area contributed by atoms with E-state index < -0.39 is 0 Å². The zero-order valence-corrected chi connectivity index (χ0v) is 16.9. The normalized spacial score (nSPS) is 12.1. The Labute approximate surface area is 176 Å². The Morgan fingerprint density at radius 2 is 1.57 bits per heavy atom. The number of benzene rings is 3. The van der Waals surface area contributed by atoms with Crippen LogP contribution < -0.4 is 22.5 Å². The van der Waals surface area contributed by atoms with Crippen molar-refractivity contribution >= 4 is 28.1 Å². The molecule has 1 atom stereocenters. The van der Waals surface area contributed by atoms with E-state index in [1.54, 1.807) is 0 Å². The highest BCUT2D eigenvalue weighted by molar-refractivity contribution is 5.85. The number of nitrogens with two attached hydrogens (primary N) is 3. The molecule has 0 aliphatic heterocycles. The van der Waals surface area contributed by atoms with Gasteiger partial charge < -0.3 is 22.5 Å². The first kappa shape index (κ1) is 19.7. The SMILES string of the molecule is Nc1cc(C(CCNCc2cccc3ccccc23)c2ccccc2)c(N)c(N)n1. The van der Waals surface area contributed by atoms with E-state index in [9.17, 15) is 0 Å². The molecule has 30 heavy (non-hydrogen) atoms. The van der Waals surface area contributed by atoms with Crippen LogP contribution in [-0.2, 0) is 6.54 Å². The average Bonchev–Trinajstić information content (AvgIpc) is 2.77. The Morgan fingerprint density at radius 1 is 0.833 bits per heavy atom. The minimum Gasteiger partial charge on any atom is -0.396 e. The molecule has 0 bridgehead atoms. The van der Waals surface area contributed by atoms with Crippen molar-refractivity contribution in [2.24, 2.45) is 0 Å². The Balaban J connectivity index is 1.52. The molecule has 0 spiro atoms. The highest BCUT2D eigenvalue weighted by atomic mass is 14.9. The van der Waals surface area contributed by atoms with E-state index in [1.807, 2.05) is 24.3 Å². The van der Waals surface area contributed by atoms with Gasteiger partial charge in [0.15, 0.2) is 0 Å². The Kier molecular flexibility index (Phi) is 5.82. The highest BCUT2D eigenvalue weighted by Gasteiger charge is 2.19. The molecule has 4 aromatic rings. The number of hydrogen-bond donors (Lipinski definition) is 4. The van der Waals surface area contributed by atoms with Crippen LogP contribution in [0.15, 0.2) is 78.9 Å². The van der Waals surface area contributed by atoms with Gasteiger partial charge >= 0.3 is 0 Å². The first-order chi connectivity index (χ1) is 14.6. The third-order valence-corrected chi connectivity index (χ3v) is 5.52. The summed E-state index contributed by atoms with van der Waals surface area (Å²) in [7, 11) is 0. The van der Waals surface area contributed by atoms with Crippen molar-refractivity contribution in [2.45, 2.75) is 18.9 Å². The number of pyridine rings is 1. The second-order valence-corrected chi connectivity index (χ2v) is 7.50. The summed E-state index contributed by atoms with van der Waals surface area (Å²) in [6, 6.07) is 27.0. The van der Waals surface area contributed by atoms with Crippen LogP contribution in [0.4, 0.5) is 17.3 Å². The van der Waals surface area contributed by atoms with E-state index in [0.717, 1.165) is 25.1 Å². The van der Waals surface area contributed by atoms with Gasteiger partial charge in [-0.1, -0.05) is 72.8 Å². The summed E-state index contributed by atoms with van der Waals surface area (Å²) < 4.78 is 0. The van der Waals surface area contributed by atoms with Gasteiger partial charge in [-0.3, -0.25) is 0 Å². The number of fused-ring (bicyclic) bond motifs is 1. The van der Waals surface area contributed by atoms with Crippen molar-refractivity contribution < 1.29 is 0 Å². The molecule has 0 fully saturated rings. The number of nitrogens with zero attached hydrogens (tertiary/aromatic N) is 1. The van der Waals surface area contributed by atoms with Gasteiger partial charge in [0.1, 0.15) is 11.6 Å². The number of anilines is 3. The lowest BCUT2D eigenvalue weighted by atomic mass is 9.87. The molecule has 5 nitrogen and oxygen atoms in total. The lowest BCUT2D eigenvalue weighted by Crippen LogP contribution is -2.19. The van der Waals surface area contributed by atoms with Gasteiger partial charge in [0.05, 0.1) is 5.69 Å².